The lowest BCUT2D eigenvalue weighted by atomic mass is 9.85. The largest absolute Gasteiger partial charge is 0.416 e. The Morgan fingerprint density at radius 1 is 1.05 bits per heavy atom. The molecule has 1 saturated heterocycles. The van der Waals surface area contributed by atoms with Crippen LogP contribution in [0.4, 0.5) is 30.8 Å². The summed E-state index contributed by atoms with van der Waals surface area (Å²) in [6.45, 7) is 1.31. The number of fused-ring (bicyclic) bond motifs is 1. The van der Waals surface area contributed by atoms with E-state index < -0.39 is 11.7 Å². The summed E-state index contributed by atoms with van der Waals surface area (Å²) in [5.41, 5.74) is 5.69. The van der Waals surface area contributed by atoms with Crippen LogP contribution in [0.3, 0.4) is 0 Å². The van der Waals surface area contributed by atoms with Crippen molar-refractivity contribution in [3.05, 3.63) is 33.9 Å². The van der Waals surface area contributed by atoms with Gasteiger partial charge in [-0.05, 0) is 50.7 Å². The lowest BCUT2D eigenvalue weighted by Gasteiger charge is -2.29. The molecule has 1 saturated carbocycles. The van der Waals surface area contributed by atoms with Crippen LogP contribution < -0.4 is 16.4 Å². The van der Waals surface area contributed by atoms with Crippen molar-refractivity contribution in [2.45, 2.75) is 56.8 Å². The van der Waals surface area contributed by atoms with E-state index in [0.29, 0.717) is 62.0 Å². The van der Waals surface area contributed by atoms with Gasteiger partial charge in [0.05, 0.1) is 27.5 Å². The number of nitrogens with two attached hydrogens (primary N) is 1. The summed E-state index contributed by atoms with van der Waals surface area (Å²) < 4.78 is 47.0. The van der Waals surface area contributed by atoms with Crippen LogP contribution in [-0.4, -0.2) is 44.7 Å². The summed E-state index contributed by atoms with van der Waals surface area (Å²) in [7, 11) is 0. The number of carbonyl (C=O) groups is 1. The van der Waals surface area contributed by atoms with Crippen LogP contribution in [0.1, 0.15) is 50.1 Å². The third kappa shape index (κ3) is 5.62. The zero-order chi connectivity index (χ0) is 27.0. The molecule has 0 spiro atoms. The second-order valence-electron chi connectivity index (χ2n) is 9.58. The number of alkyl halides is 3. The highest BCUT2D eigenvalue weighted by molar-refractivity contribution is 6.39. The van der Waals surface area contributed by atoms with Gasteiger partial charge in [0.25, 0.3) is 0 Å². The van der Waals surface area contributed by atoms with Gasteiger partial charge in [0.1, 0.15) is 5.52 Å². The zero-order valence-corrected chi connectivity index (χ0v) is 21.7. The minimum Gasteiger partial charge on any atom is -0.381 e. The van der Waals surface area contributed by atoms with E-state index in [1.165, 1.54) is 0 Å². The van der Waals surface area contributed by atoms with E-state index in [-0.39, 0.29) is 39.6 Å². The number of aromatic nitrogens is 4. The molecule has 1 amide bonds. The van der Waals surface area contributed by atoms with E-state index in [0.717, 1.165) is 25.0 Å². The molecule has 9 nitrogen and oxygen atoms in total. The maximum Gasteiger partial charge on any atom is 0.416 e. The molecule has 0 atom stereocenters. The molecule has 0 radical (unpaired) electrons. The van der Waals surface area contributed by atoms with Gasteiger partial charge < -0.3 is 21.1 Å². The molecule has 0 unspecified atom stereocenters. The van der Waals surface area contributed by atoms with Crippen LogP contribution in [-0.2, 0) is 15.7 Å². The molecule has 14 heteroatoms. The summed E-state index contributed by atoms with van der Waals surface area (Å²) in [6, 6.07) is 1.70. The lowest BCUT2D eigenvalue weighted by Crippen LogP contribution is -2.29. The van der Waals surface area contributed by atoms with Crippen molar-refractivity contribution < 1.29 is 22.7 Å². The number of rotatable bonds is 6. The van der Waals surface area contributed by atoms with Gasteiger partial charge in [0, 0.05) is 31.2 Å². The molecule has 5 rings (SSSR count). The molecule has 1 aliphatic carbocycles. The van der Waals surface area contributed by atoms with Crippen molar-refractivity contribution in [1.29, 1.82) is 0 Å². The molecule has 3 heterocycles. The van der Waals surface area contributed by atoms with Gasteiger partial charge in [-0.1, -0.05) is 23.2 Å². The van der Waals surface area contributed by atoms with E-state index in [9.17, 15) is 18.0 Å². The number of amides is 1. The Morgan fingerprint density at radius 2 is 1.71 bits per heavy atom. The molecule has 3 aromatic rings. The topological polar surface area (TPSA) is 120 Å². The van der Waals surface area contributed by atoms with Crippen molar-refractivity contribution in [1.82, 2.24) is 19.5 Å². The Balaban J connectivity index is 1.52. The molecule has 204 valence electrons. The SMILES string of the molecule is NC(=O)C1CCC(n2c(Nc3c(Cl)cc(C(F)(F)F)cc3Cl)nc3cnc(NC4CCOCC4)nc32)CC1. The summed E-state index contributed by atoms with van der Waals surface area (Å²) in [4.78, 5) is 25.5. The van der Waals surface area contributed by atoms with E-state index in [4.69, 9.17) is 38.7 Å². The maximum absolute atomic E-state index is 13.2. The van der Waals surface area contributed by atoms with Gasteiger partial charge >= 0.3 is 6.18 Å². The summed E-state index contributed by atoms with van der Waals surface area (Å²) in [5, 5.41) is 5.98. The third-order valence-electron chi connectivity index (χ3n) is 7.06. The number of hydrogen-bond donors (Lipinski definition) is 3. The number of primary amides is 1. The molecule has 4 N–H and O–H groups in total. The minimum atomic E-state index is -4.60. The van der Waals surface area contributed by atoms with Crippen molar-refractivity contribution in [3.8, 4) is 0 Å². The normalized spacial score (nSPS) is 21.0. The van der Waals surface area contributed by atoms with Crippen LogP contribution >= 0.6 is 23.2 Å². The van der Waals surface area contributed by atoms with E-state index in [2.05, 4.69) is 20.6 Å². The van der Waals surface area contributed by atoms with Gasteiger partial charge in [0.15, 0.2) is 5.65 Å². The first-order valence-electron chi connectivity index (χ1n) is 12.3. The monoisotopic (exact) mass is 571 g/mol. The van der Waals surface area contributed by atoms with Crippen molar-refractivity contribution in [2.24, 2.45) is 11.7 Å². The fourth-order valence-electron chi connectivity index (χ4n) is 5.01. The molecule has 2 aliphatic rings. The van der Waals surface area contributed by atoms with Crippen LogP contribution in [0.25, 0.3) is 11.2 Å². The van der Waals surface area contributed by atoms with Crippen LogP contribution in [0, 0.1) is 5.92 Å². The number of hydrogen-bond acceptors (Lipinski definition) is 7. The smallest absolute Gasteiger partial charge is 0.381 e. The van der Waals surface area contributed by atoms with Crippen LogP contribution in [0.5, 0.6) is 0 Å². The summed E-state index contributed by atoms with van der Waals surface area (Å²) in [6.07, 6.45) is 1.12. The quantitative estimate of drug-likeness (QED) is 0.347. The predicted molar refractivity (Wildman–Crippen MR) is 138 cm³/mol. The number of benzene rings is 1. The number of imidazole rings is 1. The van der Waals surface area contributed by atoms with Crippen molar-refractivity contribution in [2.75, 3.05) is 23.8 Å². The molecular formula is C24H26Cl2F3N7O2. The molecule has 38 heavy (non-hydrogen) atoms. The van der Waals surface area contributed by atoms with Crippen LogP contribution in [0.15, 0.2) is 18.3 Å². The molecule has 1 aromatic carbocycles. The zero-order valence-electron chi connectivity index (χ0n) is 20.2. The van der Waals surface area contributed by atoms with Crippen LogP contribution in [0.2, 0.25) is 10.0 Å². The first-order valence-corrected chi connectivity index (χ1v) is 13.1. The Labute approximate surface area is 226 Å². The number of ether oxygens (including phenoxy) is 1. The minimum absolute atomic E-state index is 0.0947. The van der Waals surface area contributed by atoms with Gasteiger partial charge in [0.2, 0.25) is 17.8 Å². The van der Waals surface area contributed by atoms with Gasteiger partial charge in [-0.2, -0.15) is 18.2 Å². The van der Waals surface area contributed by atoms with E-state index in [1.54, 1.807) is 6.20 Å². The standard InChI is InChI=1S/C24H26Cl2F3N7O2/c25-16-9-13(24(27,28)29)10-17(26)19(16)34-23-33-18-11-31-22(32-14-5-7-38-8-6-14)35-21(18)36(23)15-3-1-12(2-4-15)20(30)37/h9-12,14-15H,1-8H2,(H2,30,37)(H,33,34)(H,31,32,35). The number of nitrogens with one attached hydrogen (secondary N) is 2. The Bertz CT molecular complexity index is 1310. The average Bonchev–Trinajstić information content (AvgIpc) is 3.23. The summed E-state index contributed by atoms with van der Waals surface area (Å²) in [5.74, 6) is 0.208. The highest BCUT2D eigenvalue weighted by atomic mass is 35.5. The van der Waals surface area contributed by atoms with E-state index in [1.807, 2.05) is 4.57 Å². The van der Waals surface area contributed by atoms with Crippen molar-refractivity contribution >= 4 is 57.9 Å². The Kier molecular flexibility index (Phi) is 7.56. The maximum atomic E-state index is 13.2. The summed E-state index contributed by atoms with van der Waals surface area (Å²) >= 11 is 12.5. The Hall–Kier alpha value is -2.83. The molecule has 2 aromatic heterocycles. The fourth-order valence-corrected chi connectivity index (χ4v) is 5.59. The first kappa shape index (κ1) is 26.8. The molecule has 2 fully saturated rings. The number of anilines is 3. The second-order valence-corrected chi connectivity index (χ2v) is 10.4. The van der Waals surface area contributed by atoms with E-state index >= 15 is 0 Å². The second kappa shape index (κ2) is 10.7. The molecule has 0 bridgehead atoms. The number of carbonyl (C=O) groups excluding carboxylic acids is 1. The van der Waals surface area contributed by atoms with Gasteiger partial charge in [-0.3, -0.25) is 9.36 Å². The third-order valence-corrected chi connectivity index (χ3v) is 7.65. The molecular weight excluding hydrogens is 546 g/mol. The highest BCUT2D eigenvalue weighted by Gasteiger charge is 2.33. The lowest BCUT2D eigenvalue weighted by molar-refractivity contribution is -0.137. The van der Waals surface area contributed by atoms with Gasteiger partial charge in [-0.15, -0.1) is 0 Å². The predicted octanol–water partition coefficient (Wildman–Crippen LogP) is 5.70. The Morgan fingerprint density at radius 3 is 2.32 bits per heavy atom. The average molecular weight is 572 g/mol. The molecule has 1 aliphatic heterocycles. The fraction of sp³-hybridized carbons (Fsp3) is 0.500. The van der Waals surface area contributed by atoms with Gasteiger partial charge in [-0.25, -0.2) is 9.97 Å². The van der Waals surface area contributed by atoms with Crippen molar-refractivity contribution in [3.63, 3.8) is 0 Å². The number of nitrogens with zero attached hydrogens (tertiary/aromatic N) is 4. The highest BCUT2D eigenvalue weighted by Crippen LogP contribution is 2.42. The first-order chi connectivity index (χ1) is 18.1. The number of halogens is 5.